The SMILES string of the molecule is CC(C)CC(=O)NNC(=O)CCc1ccc(Cl)cc1. The lowest BCUT2D eigenvalue weighted by Gasteiger charge is -2.08. The van der Waals surface area contributed by atoms with Crippen LogP contribution in [0.25, 0.3) is 0 Å². The maximum Gasteiger partial charge on any atom is 0.238 e. The number of halogens is 1. The van der Waals surface area contributed by atoms with E-state index in [4.69, 9.17) is 11.6 Å². The van der Waals surface area contributed by atoms with Crippen LogP contribution in [0.5, 0.6) is 0 Å². The van der Waals surface area contributed by atoms with Crippen molar-refractivity contribution in [3.63, 3.8) is 0 Å². The quantitative estimate of drug-likeness (QED) is 0.815. The van der Waals surface area contributed by atoms with Crippen LogP contribution in [0, 0.1) is 5.92 Å². The summed E-state index contributed by atoms with van der Waals surface area (Å²) in [5.41, 5.74) is 5.84. The van der Waals surface area contributed by atoms with Crippen LogP contribution in [0.15, 0.2) is 24.3 Å². The lowest BCUT2D eigenvalue weighted by molar-refractivity contribution is -0.129. The van der Waals surface area contributed by atoms with E-state index in [1.54, 1.807) is 12.1 Å². The third kappa shape index (κ3) is 6.82. The van der Waals surface area contributed by atoms with E-state index < -0.39 is 0 Å². The number of nitrogens with one attached hydrogen (secondary N) is 2. The van der Waals surface area contributed by atoms with Crippen LogP contribution < -0.4 is 10.9 Å². The van der Waals surface area contributed by atoms with Crippen LogP contribution in [-0.4, -0.2) is 11.8 Å². The molecule has 0 atom stereocenters. The van der Waals surface area contributed by atoms with Crippen molar-refractivity contribution >= 4 is 23.4 Å². The van der Waals surface area contributed by atoms with Crippen molar-refractivity contribution in [1.29, 1.82) is 0 Å². The highest BCUT2D eigenvalue weighted by atomic mass is 35.5. The standard InChI is InChI=1S/C14H19ClN2O2/c1-10(2)9-14(19)17-16-13(18)8-5-11-3-6-12(15)7-4-11/h3-4,6-7,10H,5,8-9H2,1-2H3,(H,16,18)(H,17,19). The van der Waals surface area contributed by atoms with Crippen molar-refractivity contribution < 1.29 is 9.59 Å². The smallest absolute Gasteiger partial charge is 0.238 e. The maximum atomic E-state index is 11.5. The lowest BCUT2D eigenvalue weighted by Crippen LogP contribution is -2.42. The molecule has 0 saturated heterocycles. The molecule has 0 radical (unpaired) electrons. The zero-order chi connectivity index (χ0) is 14.3. The number of hydrogen-bond acceptors (Lipinski definition) is 2. The first-order valence-electron chi connectivity index (χ1n) is 6.29. The molecule has 0 heterocycles. The van der Waals surface area contributed by atoms with Gasteiger partial charge in [-0.15, -0.1) is 0 Å². The minimum atomic E-state index is -0.202. The molecule has 2 N–H and O–H groups in total. The Labute approximate surface area is 118 Å². The fourth-order valence-electron chi connectivity index (χ4n) is 1.53. The molecule has 0 aliphatic heterocycles. The van der Waals surface area contributed by atoms with E-state index in [9.17, 15) is 9.59 Å². The number of hydrazine groups is 1. The van der Waals surface area contributed by atoms with Crippen LogP contribution in [0.2, 0.25) is 5.02 Å². The van der Waals surface area contributed by atoms with Gasteiger partial charge in [0.15, 0.2) is 0 Å². The van der Waals surface area contributed by atoms with Gasteiger partial charge in [-0.2, -0.15) is 0 Å². The summed E-state index contributed by atoms with van der Waals surface area (Å²) >= 11 is 5.77. The molecule has 1 aromatic carbocycles. The molecule has 0 aliphatic rings. The highest BCUT2D eigenvalue weighted by Crippen LogP contribution is 2.10. The van der Waals surface area contributed by atoms with Gasteiger partial charge < -0.3 is 0 Å². The zero-order valence-corrected chi connectivity index (χ0v) is 12.0. The first-order valence-corrected chi connectivity index (χ1v) is 6.67. The minimum Gasteiger partial charge on any atom is -0.273 e. The summed E-state index contributed by atoms with van der Waals surface area (Å²) in [6.45, 7) is 3.89. The first kappa shape index (κ1) is 15.5. The Morgan fingerprint density at radius 1 is 1.11 bits per heavy atom. The number of carbonyl (C=O) groups is 2. The normalized spacial score (nSPS) is 10.3. The molecule has 104 valence electrons. The number of amides is 2. The Morgan fingerprint density at radius 3 is 2.26 bits per heavy atom. The highest BCUT2D eigenvalue weighted by Gasteiger charge is 2.06. The molecule has 0 aliphatic carbocycles. The van der Waals surface area contributed by atoms with Crippen LogP contribution in [0.4, 0.5) is 0 Å². The monoisotopic (exact) mass is 282 g/mol. The number of hydrogen-bond donors (Lipinski definition) is 2. The summed E-state index contributed by atoms with van der Waals surface area (Å²) in [5, 5.41) is 0.675. The Hall–Kier alpha value is -1.55. The summed E-state index contributed by atoms with van der Waals surface area (Å²) in [6, 6.07) is 7.35. The number of rotatable bonds is 5. The van der Waals surface area contributed by atoms with Crippen molar-refractivity contribution in [2.45, 2.75) is 33.1 Å². The fraction of sp³-hybridized carbons (Fsp3) is 0.429. The predicted octanol–water partition coefficient (Wildman–Crippen LogP) is 2.47. The second kappa shape index (κ2) is 7.79. The molecule has 1 rings (SSSR count). The molecule has 0 spiro atoms. The van der Waals surface area contributed by atoms with Crippen molar-refractivity contribution in [2.24, 2.45) is 5.92 Å². The van der Waals surface area contributed by atoms with Gasteiger partial charge in [0.25, 0.3) is 0 Å². The van der Waals surface area contributed by atoms with Gasteiger partial charge in [-0.25, -0.2) is 0 Å². The highest BCUT2D eigenvalue weighted by molar-refractivity contribution is 6.30. The summed E-state index contributed by atoms with van der Waals surface area (Å²) in [5.74, 6) is -0.104. The lowest BCUT2D eigenvalue weighted by atomic mass is 10.1. The molecular formula is C14H19ClN2O2. The van der Waals surface area contributed by atoms with E-state index in [0.29, 0.717) is 24.3 Å². The van der Waals surface area contributed by atoms with E-state index in [0.717, 1.165) is 5.56 Å². The maximum absolute atomic E-state index is 11.5. The number of benzene rings is 1. The topological polar surface area (TPSA) is 58.2 Å². The van der Waals surface area contributed by atoms with E-state index in [1.165, 1.54) is 0 Å². The molecular weight excluding hydrogens is 264 g/mol. The summed E-state index contributed by atoms with van der Waals surface area (Å²) in [4.78, 5) is 22.9. The van der Waals surface area contributed by atoms with E-state index >= 15 is 0 Å². The third-order valence-corrected chi connectivity index (χ3v) is 2.74. The van der Waals surface area contributed by atoms with Crippen LogP contribution in [0.1, 0.15) is 32.3 Å². The summed E-state index contributed by atoms with van der Waals surface area (Å²) in [7, 11) is 0. The molecule has 0 fully saturated rings. The number of aryl methyl sites for hydroxylation is 1. The molecule has 0 saturated carbocycles. The third-order valence-electron chi connectivity index (χ3n) is 2.49. The van der Waals surface area contributed by atoms with Gasteiger partial charge in [0, 0.05) is 17.9 Å². The van der Waals surface area contributed by atoms with Gasteiger partial charge in [0.2, 0.25) is 11.8 Å². The van der Waals surface area contributed by atoms with E-state index in [2.05, 4.69) is 10.9 Å². The van der Waals surface area contributed by atoms with Gasteiger partial charge >= 0.3 is 0 Å². The van der Waals surface area contributed by atoms with Crippen molar-refractivity contribution in [3.8, 4) is 0 Å². The average molecular weight is 283 g/mol. The first-order chi connectivity index (χ1) is 8.97. The summed E-state index contributed by atoms with van der Waals surface area (Å²) < 4.78 is 0. The van der Waals surface area contributed by atoms with Gasteiger partial charge in [-0.1, -0.05) is 37.6 Å². The van der Waals surface area contributed by atoms with Crippen molar-refractivity contribution in [2.75, 3.05) is 0 Å². The van der Waals surface area contributed by atoms with Gasteiger partial charge in [0.05, 0.1) is 0 Å². The fourth-order valence-corrected chi connectivity index (χ4v) is 1.66. The zero-order valence-electron chi connectivity index (χ0n) is 11.2. The molecule has 0 aromatic heterocycles. The Kier molecular flexibility index (Phi) is 6.36. The van der Waals surface area contributed by atoms with Crippen LogP contribution >= 0.6 is 11.6 Å². The number of carbonyl (C=O) groups excluding carboxylic acids is 2. The molecule has 19 heavy (non-hydrogen) atoms. The molecule has 0 unspecified atom stereocenters. The molecule has 1 aromatic rings. The second-order valence-electron chi connectivity index (χ2n) is 4.82. The Morgan fingerprint density at radius 2 is 1.68 bits per heavy atom. The van der Waals surface area contributed by atoms with Gasteiger partial charge in [-0.3, -0.25) is 20.4 Å². The largest absolute Gasteiger partial charge is 0.273 e. The van der Waals surface area contributed by atoms with Crippen LogP contribution in [-0.2, 0) is 16.0 Å². The predicted molar refractivity (Wildman–Crippen MR) is 75.5 cm³/mol. The van der Waals surface area contributed by atoms with Gasteiger partial charge in [0.1, 0.15) is 0 Å². The van der Waals surface area contributed by atoms with E-state index in [1.807, 2.05) is 26.0 Å². The molecule has 5 heteroatoms. The van der Waals surface area contributed by atoms with Gasteiger partial charge in [-0.05, 0) is 30.0 Å². The minimum absolute atomic E-state index is 0.171. The Balaban J connectivity index is 2.24. The van der Waals surface area contributed by atoms with Crippen molar-refractivity contribution in [1.82, 2.24) is 10.9 Å². The van der Waals surface area contributed by atoms with Crippen LogP contribution in [0.3, 0.4) is 0 Å². The molecule has 2 amide bonds. The Bertz CT molecular complexity index is 430. The summed E-state index contributed by atoms with van der Waals surface area (Å²) in [6.07, 6.45) is 1.34. The molecule has 0 bridgehead atoms. The molecule has 4 nitrogen and oxygen atoms in total. The van der Waals surface area contributed by atoms with E-state index in [-0.39, 0.29) is 17.7 Å². The average Bonchev–Trinajstić information content (AvgIpc) is 2.35. The van der Waals surface area contributed by atoms with Crippen molar-refractivity contribution in [3.05, 3.63) is 34.9 Å². The second-order valence-corrected chi connectivity index (χ2v) is 5.26.